The highest BCUT2D eigenvalue weighted by molar-refractivity contribution is 5.90. The molecule has 3 aromatic heterocycles. The first kappa shape index (κ1) is 23.3. The molecule has 4 aromatic rings. The number of aromatic nitrogens is 5. The van der Waals surface area contributed by atoms with Crippen LogP contribution in [0.15, 0.2) is 43.0 Å². The number of aliphatic hydroxyl groups is 1. The number of nitrogens with zero attached hydrogens (tertiary/aromatic N) is 5. The highest BCUT2D eigenvalue weighted by Crippen LogP contribution is 2.25. The van der Waals surface area contributed by atoms with E-state index in [1.165, 1.54) is 16.8 Å². The lowest BCUT2D eigenvalue weighted by Gasteiger charge is -2.22. The fourth-order valence-corrected chi connectivity index (χ4v) is 3.34. The molecule has 4 rings (SSSR count). The lowest BCUT2D eigenvalue weighted by molar-refractivity contribution is -0.116. The summed E-state index contributed by atoms with van der Waals surface area (Å²) in [6, 6.07) is 3.58. The van der Waals surface area contributed by atoms with Crippen LogP contribution in [-0.2, 0) is 11.3 Å². The maximum absolute atomic E-state index is 13.8. The summed E-state index contributed by atoms with van der Waals surface area (Å²) >= 11 is 0. The van der Waals surface area contributed by atoms with Crippen molar-refractivity contribution in [3.8, 4) is 11.3 Å². The van der Waals surface area contributed by atoms with Gasteiger partial charge in [0.25, 0.3) is 0 Å². The Bertz CT molecular complexity index is 1350. The summed E-state index contributed by atoms with van der Waals surface area (Å²) in [6.45, 7) is 6.10. The molecule has 178 valence electrons. The number of fused-ring (bicyclic) bond motifs is 1. The predicted octanol–water partition coefficient (Wildman–Crippen LogP) is 3.25. The highest BCUT2D eigenvalue weighted by atomic mass is 19.2. The Labute approximate surface area is 194 Å². The van der Waals surface area contributed by atoms with E-state index in [-0.39, 0.29) is 24.3 Å². The van der Waals surface area contributed by atoms with Crippen LogP contribution in [0.1, 0.15) is 19.5 Å². The fourth-order valence-electron chi connectivity index (χ4n) is 3.34. The topological polar surface area (TPSA) is 109 Å². The zero-order valence-electron chi connectivity index (χ0n) is 19.0. The number of rotatable bonds is 8. The molecule has 1 amide bonds. The average Bonchev–Trinajstić information content (AvgIpc) is 3.42. The van der Waals surface area contributed by atoms with Gasteiger partial charge in [0.1, 0.15) is 6.54 Å². The Morgan fingerprint density at radius 3 is 2.76 bits per heavy atom. The van der Waals surface area contributed by atoms with Gasteiger partial charge < -0.3 is 15.7 Å². The molecule has 0 spiro atoms. The summed E-state index contributed by atoms with van der Waals surface area (Å²) in [5.41, 5.74) is 2.28. The minimum absolute atomic E-state index is 0.0282. The lowest BCUT2D eigenvalue weighted by Crippen LogP contribution is -2.27. The van der Waals surface area contributed by atoms with Crippen LogP contribution in [0.5, 0.6) is 0 Å². The molecule has 0 radical (unpaired) electrons. The number of carbonyl (C=O) groups excluding carboxylic acids is 1. The molecule has 0 fully saturated rings. The quantitative estimate of drug-likeness (QED) is 0.366. The number of hydrogen-bond acceptors (Lipinski definition) is 6. The zero-order valence-corrected chi connectivity index (χ0v) is 19.0. The van der Waals surface area contributed by atoms with E-state index >= 15 is 0 Å². The van der Waals surface area contributed by atoms with Crippen LogP contribution in [0.2, 0.25) is 0 Å². The number of halogens is 2. The number of benzene rings is 1. The molecular formula is C23H25F2N7O2. The van der Waals surface area contributed by atoms with Crippen LogP contribution < -0.4 is 10.6 Å². The van der Waals surface area contributed by atoms with Crippen LogP contribution in [0.25, 0.3) is 16.9 Å². The number of anilines is 2. The first-order chi connectivity index (χ1) is 16.2. The third-order valence-corrected chi connectivity index (χ3v) is 5.24. The van der Waals surface area contributed by atoms with Crippen molar-refractivity contribution >= 4 is 23.1 Å². The number of hydrogen-bond donors (Lipinski definition) is 3. The standard InChI is InChI=1S/C23H25F2N7O2/c1-14-9-32-18(8-26-22(32)21(29-14)27-12-23(2,3)13-33)15-7-28-31(10-15)11-19(34)30-17-6-4-5-16(24)20(17)25/h4-10,33H,11-13H2,1-3H3,(H,27,29)(H,30,34). The van der Waals surface area contributed by atoms with Crippen LogP contribution in [0.4, 0.5) is 20.3 Å². The number of aryl methyl sites for hydroxylation is 1. The normalized spacial score (nSPS) is 11.7. The third-order valence-electron chi connectivity index (χ3n) is 5.24. The zero-order chi connectivity index (χ0) is 24.5. The van der Waals surface area contributed by atoms with Gasteiger partial charge >= 0.3 is 0 Å². The van der Waals surface area contributed by atoms with Gasteiger partial charge in [0.2, 0.25) is 5.91 Å². The molecule has 0 aliphatic carbocycles. The highest BCUT2D eigenvalue weighted by Gasteiger charge is 2.19. The van der Waals surface area contributed by atoms with Crippen molar-refractivity contribution < 1.29 is 18.7 Å². The SMILES string of the molecule is Cc1cn2c(-c3cnn(CC(=O)Nc4cccc(F)c4F)c3)cnc2c(NCC(C)(C)CO)n1. The van der Waals surface area contributed by atoms with Crippen molar-refractivity contribution in [2.75, 3.05) is 23.8 Å². The predicted molar refractivity (Wildman–Crippen MR) is 123 cm³/mol. The van der Waals surface area contributed by atoms with Crippen molar-refractivity contribution in [3.63, 3.8) is 0 Å². The van der Waals surface area contributed by atoms with Crippen LogP contribution in [0.3, 0.4) is 0 Å². The van der Waals surface area contributed by atoms with Crippen LogP contribution in [-0.4, -0.2) is 48.3 Å². The average molecular weight is 469 g/mol. The van der Waals surface area contributed by atoms with E-state index in [1.807, 2.05) is 31.4 Å². The van der Waals surface area contributed by atoms with E-state index in [0.29, 0.717) is 23.6 Å². The molecule has 0 saturated carbocycles. The van der Waals surface area contributed by atoms with E-state index in [4.69, 9.17) is 0 Å². The molecule has 3 N–H and O–H groups in total. The summed E-state index contributed by atoms with van der Waals surface area (Å²) < 4.78 is 30.4. The van der Waals surface area contributed by atoms with Gasteiger partial charge in [-0.1, -0.05) is 19.9 Å². The summed E-state index contributed by atoms with van der Waals surface area (Å²) in [5.74, 6) is -2.10. The molecule has 1 aromatic carbocycles. The molecule has 0 unspecified atom stereocenters. The smallest absolute Gasteiger partial charge is 0.246 e. The van der Waals surface area contributed by atoms with E-state index in [9.17, 15) is 18.7 Å². The van der Waals surface area contributed by atoms with Gasteiger partial charge in [0.05, 0.1) is 29.5 Å². The molecule has 0 bridgehead atoms. The molecule has 0 saturated heterocycles. The second-order valence-electron chi connectivity index (χ2n) is 8.82. The fraction of sp³-hybridized carbons (Fsp3) is 0.304. The monoisotopic (exact) mass is 469 g/mol. The largest absolute Gasteiger partial charge is 0.396 e. The number of nitrogens with one attached hydrogen (secondary N) is 2. The number of amides is 1. The first-order valence-corrected chi connectivity index (χ1v) is 10.6. The second-order valence-corrected chi connectivity index (χ2v) is 8.82. The first-order valence-electron chi connectivity index (χ1n) is 10.6. The van der Waals surface area contributed by atoms with Crippen LogP contribution in [0, 0.1) is 24.0 Å². The van der Waals surface area contributed by atoms with Crippen molar-refractivity contribution in [1.29, 1.82) is 0 Å². The minimum atomic E-state index is -1.11. The van der Waals surface area contributed by atoms with E-state index < -0.39 is 17.5 Å². The third kappa shape index (κ3) is 4.88. The molecule has 0 aliphatic rings. The molecule has 34 heavy (non-hydrogen) atoms. The Balaban J connectivity index is 1.54. The Kier molecular flexibility index (Phi) is 6.29. The van der Waals surface area contributed by atoms with Crippen molar-refractivity contribution in [1.82, 2.24) is 24.1 Å². The second kappa shape index (κ2) is 9.18. The Morgan fingerprint density at radius 2 is 2.00 bits per heavy atom. The van der Waals surface area contributed by atoms with Gasteiger partial charge in [-0.3, -0.25) is 13.9 Å². The summed E-state index contributed by atoms with van der Waals surface area (Å²) in [6.07, 6.45) is 6.79. The van der Waals surface area contributed by atoms with E-state index in [2.05, 4.69) is 25.7 Å². The maximum atomic E-state index is 13.8. The molecular weight excluding hydrogens is 444 g/mol. The van der Waals surface area contributed by atoms with Crippen molar-refractivity contribution in [2.24, 2.45) is 5.41 Å². The Hall–Kier alpha value is -3.86. The van der Waals surface area contributed by atoms with Gasteiger partial charge in [-0.05, 0) is 19.1 Å². The molecule has 0 aliphatic heterocycles. The Morgan fingerprint density at radius 1 is 1.21 bits per heavy atom. The number of imidazole rings is 1. The van der Waals surface area contributed by atoms with Crippen molar-refractivity contribution in [2.45, 2.75) is 27.3 Å². The summed E-state index contributed by atoms with van der Waals surface area (Å²) in [4.78, 5) is 21.3. The van der Waals surface area contributed by atoms with Gasteiger partial charge in [0.15, 0.2) is 23.1 Å². The van der Waals surface area contributed by atoms with Gasteiger partial charge in [0, 0.05) is 36.5 Å². The van der Waals surface area contributed by atoms with E-state index in [1.54, 1.807) is 18.6 Å². The number of aliphatic hydroxyl groups excluding tert-OH is 1. The lowest BCUT2D eigenvalue weighted by atomic mass is 9.95. The van der Waals surface area contributed by atoms with Crippen molar-refractivity contribution in [3.05, 3.63) is 60.3 Å². The van der Waals surface area contributed by atoms with Gasteiger partial charge in [-0.25, -0.2) is 18.7 Å². The summed E-state index contributed by atoms with van der Waals surface area (Å²) in [5, 5.41) is 19.3. The minimum Gasteiger partial charge on any atom is -0.396 e. The molecule has 3 heterocycles. The number of carbonyl (C=O) groups is 1. The molecule has 11 heteroatoms. The van der Waals surface area contributed by atoms with Crippen LogP contribution >= 0.6 is 0 Å². The van der Waals surface area contributed by atoms with Gasteiger partial charge in [-0.15, -0.1) is 0 Å². The van der Waals surface area contributed by atoms with E-state index in [0.717, 1.165) is 17.5 Å². The molecule has 0 atom stereocenters. The molecule has 9 nitrogen and oxygen atoms in total. The summed E-state index contributed by atoms with van der Waals surface area (Å²) in [7, 11) is 0. The maximum Gasteiger partial charge on any atom is 0.246 e. The van der Waals surface area contributed by atoms with Gasteiger partial charge in [-0.2, -0.15) is 5.10 Å².